The van der Waals surface area contributed by atoms with Gasteiger partial charge in [-0.2, -0.15) is 5.26 Å². The summed E-state index contributed by atoms with van der Waals surface area (Å²) in [6, 6.07) is 2.83. The summed E-state index contributed by atoms with van der Waals surface area (Å²) < 4.78 is 19.4. The third-order valence-electron chi connectivity index (χ3n) is 4.75. The van der Waals surface area contributed by atoms with Crippen molar-refractivity contribution >= 4 is 0 Å². The summed E-state index contributed by atoms with van der Waals surface area (Å²) in [5.41, 5.74) is -1.12. The number of H-pyrrole nitrogens is 1. The summed E-state index contributed by atoms with van der Waals surface area (Å²) >= 11 is 0. The minimum Gasteiger partial charge on any atom is -0.346 e. The number of nitriles is 1. The first kappa shape index (κ1) is 20.2. The Bertz CT molecular complexity index is 889. The van der Waals surface area contributed by atoms with Gasteiger partial charge < -0.3 is 14.2 Å². The molecule has 0 amide bonds. The molecule has 9 heteroatoms. The monoisotopic (exact) mass is 388 g/mol. The zero-order valence-corrected chi connectivity index (χ0v) is 15.9. The highest BCUT2D eigenvalue weighted by atomic mass is 16.8. The third-order valence-corrected chi connectivity index (χ3v) is 4.75. The number of aromatic nitrogens is 2. The smallest absolute Gasteiger partial charge is 0.330 e. The van der Waals surface area contributed by atoms with E-state index in [9.17, 15) is 14.9 Å². The lowest BCUT2D eigenvalue weighted by Crippen LogP contribution is -2.48. The van der Waals surface area contributed by atoms with Gasteiger partial charge in [0.25, 0.3) is 5.56 Å². The second kappa shape index (κ2) is 7.85. The fraction of sp³-hybridized carbons (Fsp3) is 0.526. The van der Waals surface area contributed by atoms with Gasteiger partial charge in [0.15, 0.2) is 12.0 Å². The van der Waals surface area contributed by atoms with Gasteiger partial charge in [-0.25, -0.2) is 4.79 Å². The first-order chi connectivity index (χ1) is 13.3. The van der Waals surface area contributed by atoms with Crippen LogP contribution in [0.15, 0.2) is 47.2 Å². The lowest BCUT2D eigenvalue weighted by Gasteiger charge is -2.32. The topological polar surface area (TPSA) is 110 Å². The van der Waals surface area contributed by atoms with Gasteiger partial charge in [0.2, 0.25) is 0 Å². The van der Waals surface area contributed by atoms with Crippen LogP contribution in [0.5, 0.6) is 0 Å². The summed E-state index contributed by atoms with van der Waals surface area (Å²) in [6.07, 6.45) is 2.04. The van der Waals surface area contributed by atoms with E-state index in [4.69, 9.17) is 14.2 Å². The fourth-order valence-corrected chi connectivity index (χ4v) is 3.71. The number of rotatable bonds is 7. The highest BCUT2D eigenvalue weighted by Gasteiger charge is 2.58. The Hall–Kier alpha value is -2.51. The Labute approximate surface area is 162 Å². The average molecular weight is 388 g/mol. The lowest BCUT2D eigenvalue weighted by molar-refractivity contribution is -0.201. The van der Waals surface area contributed by atoms with Crippen LogP contribution in [0.2, 0.25) is 0 Å². The molecule has 5 atom stereocenters. The Balaban J connectivity index is 1.99. The second-order valence-corrected chi connectivity index (χ2v) is 7.18. The highest BCUT2D eigenvalue weighted by molar-refractivity contribution is 5.10. The number of aromatic amines is 1. The molecule has 0 aliphatic carbocycles. The molecule has 150 valence electrons. The van der Waals surface area contributed by atoms with Crippen LogP contribution in [0, 0.1) is 11.3 Å². The van der Waals surface area contributed by atoms with Crippen LogP contribution >= 0.6 is 0 Å². The molecule has 0 bridgehead atoms. The average Bonchev–Trinajstić information content (AvgIpc) is 3.10. The fourth-order valence-electron chi connectivity index (χ4n) is 3.71. The van der Waals surface area contributed by atoms with E-state index in [0.717, 1.165) is 0 Å². The molecule has 0 aromatic carbocycles. The van der Waals surface area contributed by atoms with Crippen LogP contribution in [-0.2, 0) is 14.2 Å². The van der Waals surface area contributed by atoms with Gasteiger partial charge in [-0.1, -0.05) is 12.2 Å². The van der Waals surface area contributed by atoms with E-state index in [0.29, 0.717) is 13.1 Å². The van der Waals surface area contributed by atoms with Crippen LogP contribution in [0.4, 0.5) is 0 Å². The Kier molecular flexibility index (Phi) is 5.67. The highest BCUT2D eigenvalue weighted by Crippen LogP contribution is 2.44. The second-order valence-electron chi connectivity index (χ2n) is 7.18. The number of ether oxygens (including phenoxy) is 3. The van der Waals surface area contributed by atoms with E-state index in [1.807, 2.05) is 4.90 Å². The maximum absolute atomic E-state index is 12.3. The quantitative estimate of drug-likeness (QED) is 0.678. The van der Waals surface area contributed by atoms with Crippen molar-refractivity contribution < 1.29 is 14.2 Å². The molecule has 2 saturated heterocycles. The van der Waals surface area contributed by atoms with Crippen molar-refractivity contribution in [1.29, 1.82) is 5.26 Å². The van der Waals surface area contributed by atoms with E-state index in [2.05, 4.69) is 24.2 Å². The predicted octanol–water partition coefficient (Wildman–Crippen LogP) is 0.520. The summed E-state index contributed by atoms with van der Waals surface area (Å²) in [7, 11) is 0. The standard InChI is InChI=1S/C19H24N4O5/c1-5-8-22(9-6-2)12(11-20)14-15-16(28-19(3,4)27-15)17(26-14)23-10-7-13(24)21-18(23)25/h5-7,10,12,14-17H,1-2,8-9H2,3-4H3,(H,21,24,25)/t12-,14-,15-,16-,17-/m1/s1. The zero-order chi connectivity index (χ0) is 20.5. The van der Waals surface area contributed by atoms with Crippen LogP contribution in [-0.4, -0.2) is 57.7 Å². The van der Waals surface area contributed by atoms with E-state index >= 15 is 0 Å². The summed E-state index contributed by atoms with van der Waals surface area (Å²) in [5.74, 6) is -0.900. The van der Waals surface area contributed by atoms with Crippen LogP contribution in [0.25, 0.3) is 0 Å². The molecule has 28 heavy (non-hydrogen) atoms. The number of hydrogen-bond acceptors (Lipinski definition) is 7. The van der Waals surface area contributed by atoms with Crippen molar-refractivity contribution in [3.8, 4) is 6.07 Å². The van der Waals surface area contributed by atoms with Gasteiger partial charge in [-0.05, 0) is 13.8 Å². The van der Waals surface area contributed by atoms with Crippen molar-refractivity contribution in [3.05, 3.63) is 58.4 Å². The van der Waals surface area contributed by atoms with E-state index < -0.39 is 47.6 Å². The van der Waals surface area contributed by atoms with Gasteiger partial charge in [0.1, 0.15) is 24.4 Å². The van der Waals surface area contributed by atoms with Gasteiger partial charge in [0, 0.05) is 25.4 Å². The van der Waals surface area contributed by atoms with Crippen LogP contribution in [0.1, 0.15) is 20.1 Å². The Morgan fingerprint density at radius 1 is 1.32 bits per heavy atom. The summed E-state index contributed by atoms with van der Waals surface area (Å²) in [4.78, 5) is 27.8. The van der Waals surface area contributed by atoms with Gasteiger partial charge in [-0.3, -0.25) is 19.2 Å². The van der Waals surface area contributed by atoms with Crippen molar-refractivity contribution in [2.75, 3.05) is 13.1 Å². The molecule has 0 radical (unpaired) electrons. The minimum absolute atomic E-state index is 0.453. The number of hydrogen-bond donors (Lipinski definition) is 1. The summed E-state index contributed by atoms with van der Waals surface area (Å²) in [6.45, 7) is 11.9. The van der Waals surface area contributed by atoms with Gasteiger partial charge in [-0.15, -0.1) is 13.2 Å². The first-order valence-electron chi connectivity index (χ1n) is 8.99. The van der Waals surface area contributed by atoms with Crippen LogP contribution < -0.4 is 11.2 Å². The van der Waals surface area contributed by atoms with Crippen molar-refractivity contribution in [1.82, 2.24) is 14.5 Å². The molecule has 0 unspecified atom stereocenters. The molecule has 9 nitrogen and oxygen atoms in total. The molecule has 2 aliphatic rings. The molecule has 2 aliphatic heterocycles. The predicted molar refractivity (Wildman–Crippen MR) is 100 cm³/mol. The number of fused-ring (bicyclic) bond motifs is 1. The third kappa shape index (κ3) is 3.72. The first-order valence-corrected chi connectivity index (χ1v) is 8.99. The molecule has 2 fully saturated rings. The summed E-state index contributed by atoms with van der Waals surface area (Å²) in [5, 5.41) is 9.86. The van der Waals surface area contributed by atoms with Crippen molar-refractivity contribution in [2.45, 2.75) is 50.2 Å². The molecule has 3 rings (SSSR count). The maximum atomic E-state index is 12.3. The van der Waals surface area contributed by atoms with E-state index in [-0.39, 0.29) is 0 Å². The minimum atomic E-state index is -0.900. The van der Waals surface area contributed by atoms with Crippen molar-refractivity contribution in [2.24, 2.45) is 0 Å². The molecular formula is C19H24N4O5. The Morgan fingerprint density at radius 2 is 1.96 bits per heavy atom. The Morgan fingerprint density at radius 3 is 2.54 bits per heavy atom. The molecule has 1 aromatic rings. The molecule has 1 aromatic heterocycles. The number of nitrogens with zero attached hydrogens (tertiary/aromatic N) is 3. The number of nitrogens with one attached hydrogen (secondary N) is 1. The normalized spacial score (nSPS) is 29.2. The molecule has 3 heterocycles. The van der Waals surface area contributed by atoms with Gasteiger partial charge in [0.05, 0.1) is 6.07 Å². The SMILES string of the molecule is C=CCN(CC=C)[C@H](C#N)[C@H]1O[C@@H](n2ccc(=O)[nH]c2=O)[C@@H]2OC(C)(C)O[C@@H]21. The molecule has 0 saturated carbocycles. The van der Waals surface area contributed by atoms with Crippen molar-refractivity contribution in [3.63, 3.8) is 0 Å². The van der Waals surface area contributed by atoms with Crippen LogP contribution in [0.3, 0.4) is 0 Å². The largest absolute Gasteiger partial charge is 0.346 e. The molecule has 0 spiro atoms. The molecular weight excluding hydrogens is 364 g/mol. The van der Waals surface area contributed by atoms with E-state index in [1.54, 1.807) is 26.0 Å². The zero-order valence-electron chi connectivity index (χ0n) is 15.9. The van der Waals surface area contributed by atoms with E-state index in [1.165, 1.54) is 16.8 Å². The lowest BCUT2D eigenvalue weighted by atomic mass is 10.0. The molecule has 1 N–H and O–H groups in total. The maximum Gasteiger partial charge on any atom is 0.330 e. The van der Waals surface area contributed by atoms with Gasteiger partial charge >= 0.3 is 5.69 Å².